The molecule has 2 rings (SSSR count). The molecule has 1 amide bonds. The van der Waals surface area contributed by atoms with Crippen molar-refractivity contribution in [1.82, 2.24) is 10.2 Å². The summed E-state index contributed by atoms with van der Waals surface area (Å²) in [5, 5.41) is 3.42. The van der Waals surface area contributed by atoms with Crippen LogP contribution in [0.2, 0.25) is 0 Å². The number of nitrogens with zero attached hydrogens (tertiary/aromatic N) is 1. The summed E-state index contributed by atoms with van der Waals surface area (Å²) in [6.07, 6.45) is 2.54. The van der Waals surface area contributed by atoms with E-state index in [2.05, 4.69) is 33.4 Å². The lowest BCUT2D eigenvalue weighted by Crippen LogP contribution is -2.37. The summed E-state index contributed by atoms with van der Waals surface area (Å²) in [5.41, 5.74) is 0. The van der Waals surface area contributed by atoms with Crippen molar-refractivity contribution < 1.29 is 4.79 Å². The van der Waals surface area contributed by atoms with E-state index in [1.807, 2.05) is 14.0 Å². The zero-order valence-corrected chi connectivity index (χ0v) is 13.2. The molecule has 5 heteroatoms. The van der Waals surface area contributed by atoms with Gasteiger partial charge in [-0.15, -0.1) is 11.3 Å². The van der Waals surface area contributed by atoms with Gasteiger partial charge in [-0.25, -0.2) is 0 Å². The zero-order chi connectivity index (χ0) is 13.1. The van der Waals surface area contributed by atoms with E-state index >= 15 is 0 Å². The highest BCUT2D eigenvalue weighted by Crippen LogP contribution is 2.43. The predicted molar refractivity (Wildman–Crippen MR) is 78.8 cm³/mol. The smallest absolute Gasteiger partial charge is 0.236 e. The maximum atomic E-state index is 11.8. The van der Waals surface area contributed by atoms with Crippen molar-refractivity contribution in [2.45, 2.75) is 25.8 Å². The molecule has 100 valence electrons. The number of halogens is 1. The van der Waals surface area contributed by atoms with E-state index in [9.17, 15) is 4.79 Å². The van der Waals surface area contributed by atoms with Gasteiger partial charge in [0.25, 0.3) is 0 Å². The minimum absolute atomic E-state index is 0.166. The van der Waals surface area contributed by atoms with E-state index in [1.54, 1.807) is 16.2 Å². The predicted octanol–water partition coefficient (Wildman–Crippen LogP) is 3.03. The molecule has 1 atom stereocenters. The van der Waals surface area contributed by atoms with Crippen LogP contribution in [0.1, 0.15) is 30.7 Å². The molecule has 3 nitrogen and oxygen atoms in total. The lowest BCUT2D eigenvalue weighted by molar-refractivity contribution is -0.128. The Balaban J connectivity index is 1.93. The molecule has 1 aliphatic rings. The number of carbonyl (C=O) groups excluding carboxylic acids is 1. The van der Waals surface area contributed by atoms with Crippen LogP contribution in [0.4, 0.5) is 0 Å². The van der Waals surface area contributed by atoms with Gasteiger partial charge in [0.2, 0.25) is 5.91 Å². The Morgan fingerprint density at radius 2 is 2.33 bits per heavy atom. The number of likely N-dealkylation sites (N-methyl/N-ethyl adjacent to an activating group) is 1. The standard InChI is InChI=1S/C13H19BrN2OS/c1-3-16(2)12(17)8-15-13(9-4-5-9)10-6-7-11(14)18-10/h6-7,9,13,15H,3-5,8H2,1-2H3/t13-/m1/s1. The third kappa shape index (κ3) is 3.56. The van der Waals surface area contributed by atoms with Crippen LogP contribution >= 0.6 is 27.3 Å². The highest BCUT2D eigenvalue weighted by molar-refractivity contribution is 9.11. The maximum Gasteiger partial charge on any atom is 0.236 e. The lowest BCUT2D eigenvalue weighted by Gasteiger charge is -2.19. The Bertz CT molecular complexity index is 417. The van der Waals surface area contributed by atoms with Gasteiger partial charge in [0.15, 0.2) is 0 Å². The Labute approximate surface area is 121 Å². The molecule has 0 radical (unpaired) electrons. The van der Waals surface area contributed by atoms with Crippen LogP contribution in [0.5, 0.6) is 0 Å². The van der Waals surface area contributed by atoms with Gasteiger partial charge in [-0.3, -0.25) is 4.79 Å². The molecular formula is C13H19BrN2OS. The Morgan fingerprint density at radius 3 is 2.83 bits per heavy atom. The number of amides is 1. The van der Waals surface area contributed by atoms with Crippen molar-refractivity contribution in [3.8, 4) is 0 Å². The first-order chi connectivity index (χ1) is 8.61. The number of thiophene rings is 1. The van der Waals surface area contributed by atoms with Gasteiger partial charge in [0, 0.05) is 24.5 Å². The van der Waals surface area contributed by atoms with Crippen molar-refractivity contribution in [2.75, 3.05) is 20.1 Å². The molecule has 1 aromatic rings. The normalized spacial score (nSPS) is 16.6. The fourth-order valence-electron chi connectivity index (χ4n) is 1.93. The van der Waals surface area contributed by atoms with Gasteiger partial charge in [0.1, 0.15) is 0 Å². The largest absolute Gasteiger partial charge is 0.345 e. The van der Waals surface area contributed by atoms with E-state index in [0.717, 1.165) is 10.3 Å². The minimum Gasteiger partial charge on any atom is -0.345 e. The molecule has 1 fully saturated rings. The van der Waals surface area contributed by atoms with Crippen LogP contribution in [0.25, 0.3) is 0 Å². The SMILES string of the molecule is CCN(C)C(=O)CN[C@@H](c1ccc(Br)s1)C1CC1. The molecule has 0 bridgehead atoms. The molecule has 1 aromatic heterocycles. The maximum absolute atomic E-state index is 11.8. The number of hydrogen-bond donors (Lipinski definition) is 1. The van der Waals surface area contributed by atoms with E-state index in [-0.39, 0.29) is 5.91 Å². The van der Waals surface area contributed by atoms with Gasteiger partial charge in [0.05, 0.1) is 10.3 Å². The highest BCUT2D eigenvalue weighted by atomic mass is 79.9. The van der Waals surface area contributed by atoms with Crippen LogP contribution in [0, 0.1) is 5.92 Å². The van der Waals surface area contributed by atoms with Gasteiger partial charge in [-0.05, 0) is 53.7 Å². The molecule has 18 heavy (non-hydrogen) atoms. The molecule has 0 unspecified atom stereocenters. The number of hydrogen-bond acceptors (Lipinski definition) is 3. The van der Waals surface area contributed by atoms with Crippen molar-refractivity contribution in [2.24, 2.45) is 5.92 Å². The lowest BCUT2D eigenvalue weighted by atomic mass is 10.1. The Morgan fingerprint density at radius 1 is 1.61 bits per heavy atom. The molecule has 0 spiro atoms. The second-order valence-electron chi connectivity index (χ2n) is 4.75. The average Bonchev–Trinajstić information content (AvgIpc) is 3.11. The van der Waals surface area contributed by atoms with Gasteiger partial charge < -0.3 is 10.2 Å². The summed E-state index contributed by atoms with van der Waals surface area (Å²) in [4.78, 5) is 14.9. The first-order valence-corrected chi connectivity index (χ1v) is 7.95. The van der Waals surface area contributed by atoms with Crippen LogP contribution in [-0.2, 0) is 4.79 Å². The van der Waals surface area contributed by atoms with E-state index in [4.69, 9.17) is 0 Å². The molecule has 1 aliphatic carbocycles. The summed E-state index contributed by atoms with van der Waals surface area (Å²) in [6.45, 7) is 3.19. The average molecular weight is 331 g/mol. The van der Waals surface area contributed by atoms with Crippen LogP contribution in [-0.4, -0.2) is 30.9 Å². The molecule has 0 aromatic carbocycles. The molecule has 0 aliphatic heterocycles. The van der Waals surface area contributed by atoms with Crippen LogP contribution in [0.15, 0.2) is 15.9 Å². The van der Waals surface area contributed by atoms with Crippen molar-refractivity contribution in [3.05, 3.63) is 20.8 Å². The molecule has 0 saturated heterocycles. The third-order valence-electron chi connectivity index (χ3n) is 3.37. The van der Waals surface area contributed by atoms with Gasteiger partial charge >= 0.3 is 0 Å². The van der Waals surface area contributed by atoms with Gasteiger partial charge in [-0.1, -0.05) is 0 Å². The van der Waals surface area contributed by atoms with Crippen molar-refractivity contribution in [3.63, 3.8) is 0 Å². The summed E-state index contributed by atoms with van der Waals surface area (Å²) < 4.78 is 1.15. The Kier molecular flexibility index (Phi) is 4.81. The highest BCUT2D eigenvalue weighted by Gasteiger charge is 2.33. The number of rotatable bonds is 6. The quantitative estimate of drug-likeness (QED) is 0.869. The van der Waals surface area contributed by atoms with E-state index < -0.39 is 0 Å². The second kappa shape index (κ2) is 6.17. The zero-order valence-electron chi connectivity index (χ0n) is 10.8. The molecule has 1 heterocycles. The summed E-state index contributed by atoms with van der Waals surface area (Å²) >= 11 is 5.26. The van der Waals surface area contributed by atoms with Crippen LogP contribution < -0.4 is 5.32 Å². The summed E-state index contributed by atoms with van der Waals surface area (Å²) in [7, 11) is 1.85. The molecule has 1 saturated carbocycles. The molecular weight excluding hydrogens is 312 g/mol. The van der Waals surface area contributed by atoms with Crippen molar-refractivity contribution >= 4 is 33.2 Å². The molecule has 1 N–H and O–H groups in total. The number of carbonyl (C=O) groups is 1. The summed E-state index contributed by atoms with van der Waals surface area (Å²) in [6, 6.07) is 4.58. The topological polar surface area (TPSA) is 32.3 Å². The van der Waals surface area contributed by atoms with Crippen LogP contribution in [0.3, 0.4) is 0 Å². The second-order valence-corrected chi connectivity index (χ2v) is 7.24. The fourth-order valence-corrected chi connectivity index (χ4v) is 3.53. The summed E-state index contributed by atoms with van der Waals surface area (Å²) in [5.74, 6) is 0.869. The van der Waals surface area contributed by atoms with Gasteiger partial charge in [-0.2, -0.15) is 0 Å². The third-order valence-corrected chi connectivity index (χ3v) is 5.07. The van der Waals surface area contributed by atoms with E-state index in [1.165, 1.54) is 17.7 Å². The van der Waals surface area contributed by atoms with E-state index in [0.29, 0.717) is 18.5 Å². The fraction of sp³-hybridized carbons (Fsp3) is 0.615. The number of nitrogens with one attached hydrogen (secondary N) is 1. The monoisotopic (exact) mass is 330 g/mol. The minimum atomic E-state index is 0.166. The first-order valence-electron chi connectivity index (χ1n) is 6.34. The first kappa shape index (κ1) is 14.0. The van der Waals surface area contributed by atoms with Crippen molar-refractivity contribution in [1.29, 1.82) is 0 Å². The Hall–Kier alpha value is -0.390.